The number of amides is 1. The summed E-state index contributed by atoms with van der Waals surface area (Å²) in [6.07, 6.45) is -1.26. The van der Waals surface area contributed by atoms with E-state index in [0.29, 0.717) is 37.2 Å². The Hall–Kier alpha value is -3.99. The van der Waals surface area contributed by atoms with Crippen LogP contribution in [0.1, 0.15) is 28.8 Å². The van der Waals surface area contributed by atoms with Gasteiger partial charge in [0.1, 0.15) is 11.7 Å². The van der Waals surface area contributed by atoms with Crippen LogP contribution < -0.4 is 5.56 Å². The van der Waals surface area contributed by atoms with Crippen LogP contribution in [0, 0.1) is 0 Å². The van der Waals surface area contributed by atoms with Crippen molar-refractivity contribution >= 4 is 16.9 Å². The van der Waals surface area contributed by atoms with Gasteiger partial charge in [0, 0.05) is 18.7 Å². The van der Waals surface area contributed by atoms with Gasteiger partial charge in [-0.15, -0.1) is 0 Å². The van der Waals surface area contributed by atoms with E-state index in [9.17, 15) is 27.9 Å². The monoisotopic (exact) mass is 497 g/mol. The van der Waals surface area contributed by atoms with E-state index in [4.69, 9.17) is 0 Å². The van der Waals surface area contributed by atoms with Crippen molar-refractivity contribution in [2.24, 2.45) is 0 Å². The maximum absolute atomic E-state index is 13.1. The number of aromatic nitrogens is 4. The maximum Gasteiger partial charge on any atom is 0.416 e. The number of piperidine rings is 1. The van der Waals surface area contributed by atoms with Gasteiger partial charge in [-0.05, 0) is 49.2 Å². The number of alkyl halides is 3. The van der Waals surface area contributed by atoms with E-state index in [2.05, 4.69) is 10.1 Å². The normalized spacial score (nSPS) is 15.8. The molecule has 0 radical (unpaired) electrons. The number of benzene rings is 2. The van der Waals surface area contributed by atoms with Gasteiger partial charge in [-0.3, -0.25) is 14.2 Å². The van der Waals surface area contributed by atoms with Gasteiger partial charge in [-0.25, -0.2) is 9.67 Å². The van der Waals surface area contributed by atoms with Crippen LogP contribution in [0.3, 0.4) is 0 Å². The number of likely N-dealkylation sites (tertiary alicyclic amines) is 1. The summed E-state index contributed by atoms with van der Waals surface area (Å²) in [6.45, 7) is 0.689. The van der Waals surface area contributed by atoms with Crippen LogP contribution in [-0.2, 0) is 12.7 Å². The molecule has 1 saturated heterocycles. The fourth-order valence-electron chi connectivity index (χ4n) is 4.41. The van der Waals surface area contributed by atoms with E-state index in [1.54, 1.807) is 29.2 Å². The molecule has 186 valence electrons. The third kappa shape index (κ3) is 4.49. The molecule has 1 fully saturated rings. The van der Waals surface area contributed by atoms with Gasteiger partial charge in [-0.1, -0.05) is 18.2 Å². The zero-order valence-corrected chi connectivity index (χ0v) is 19.0. The van der Waals surface area contributed by atoms with Crippen LogP contribution in [0.15, 0.2) is 71.9 Å². The molecule has 0 atom stereocenters. The lowest BCUT2D eigenvalue weighted by Crippen LogP contribution is -2.49. The van der Waals surface area contributed by atoms with E-state index in [0.717, 1.165) is 12.1 Å². The van der Waals surface area contributed by atoms with Crippen molar-refractivity contribution < 1.29 is 23.1 Å². The Labute approximate surface area is 203 Å². The fourth-order valence-corrected chi connectivity index (χ4v) is 4.41. The van der Waals surface area contributed by atoms with Crippen LogP contribution in [0.4, 0.5) is 13.2 Å². The minimum atomic E-state index is -4.46. The Bertz CT molecular complexity index is 1450. The fraction of sp³-hybridized carbons (Fsp3) is 0.280. The topological polar surface area (TPSA) is 93.2 Å². The first-order valence-corrected chi connectivity index (χ1v) is 11.3. The van der Waals surface area contributed by atoms with Crippen LogP contribution in [0.25, 0.3) is 16.7 Å². The van der Waals surface area contributed by atoms with Gasteiger partial charge in [0.15, 0.2) is 5.65 Å². The molecule has 0 unspecified atom stereocenters. The summed E-state index contributed by atoms with van der Waals surface area (Å²) in [5.41, 5.74) is -1.30. The summed E-state index contributed by atoms with van der Waals surface area (Å²) in [7, 11) is 0. The Morgan fingerprint density at radius 3 is 2.33 bits per heavy atom. The first kappa shape index (κ1) is 23.7. The molecule has 1 N–H and O–H groups in total. The minimum Gasteiger partial charge on any atom is -0.388 e. The van der Waals surface area contributed by atoms with Crippen molar-refractivity contribution in [3.8, 4) is 5.69 Å². The van der Waals surface area contributed by atoms with Gasteiger partial charge >= 0.3 is 6.18 Å². The predicted molar refractivity (Wildman–Crippen MR) is 125 cm³/mol. The van der Waals surface area contributed by atoms with Crippen LogP contribution in [-0.4, -0.2) is 53.9 Å². The number of hydrogen-bond donors (Lipinski definition) is 1. The number of nitrogens with zero attached hydrogens (tertiary/aromatic N) is 5. The van der Waals surface area contributed by atoms with Crippen molar-refractivity contribution in [2.75, 3.05) is 13.1 Å². The summed E-state index contributed by atoms with van der Waals surface area (Å²) in [6, 6.07) is 13.3. The molecule has 0 bridgehead atoms. The summed E-state index contributed by atoms with van der Waals surface area (Å²) in [5.74, 6) is -0.103. The van der Waals surface area contributed by atoms with Crippen LogP contribution in [0.5, 0.6) is 0 Å². The molecule has 0 saturated carbocycles. The minimum absolute atomic E-state index is 0.00635. The second-order valence-corrected chi connectivity index (χ2v) is 8.90. The van der Waals surface area contributed by atoms with Crippen molar-refractivity contribution in [1.29, 1.82) is 0 Å². The van der Waals surface area contributed by atoms with Gasteiger partial charge in [0.2, 0.25) is 0 Å². The Balaban J connectivity index is 1.32. The molecule has 0 aliphatic carbocycles. The molecular weight excluding hydrogens is 475 g/mol. The van der Waals surface area contributed by atoms with Crippen molar-refractivity contribution in [1.82, 2.24) is 24.2 Å². The molecule has 11 heteroatoms. The summed E-state index contributed by atoms with van der Waals surface area (Å²) >= 11 is 0. The lowest BCUT2D eigenvalue weighted by Gasteiger charge is -2.38. The number of carbonyl (C=O) groups is 1. The van der Waals surface area contributed by atoms with Gasteiger partial charge in [-0.2, -0.15) is 18.3 Å². The third-order valence-corrected chi connectivity index (χ3v) is 6.46. The largest absolute Gasteiger partial charge is 0.416 e. The maximum atomic E-state index is 13.1. The highest BCUT2D eigenvalue weighted by molar-refractivity contribution is 5.94. The number of carbonyl (C=O) groups excluding carboxylic acids is 1. The quantitative estimate of drug-likeness (QED) is 0.467. The zero-order valence-electron chi connectivity index (χ0n) is 19.0. The molecule has 3 heterocycles. The molecule has 2 aromatic carbocycles. The third-order valence-electron chi connectivity index (χ3n) is 6.46. The van der Waals surface area contributed by atoms with Gasteiger partial charge < -0.3 is 10.0 Å². The van der Waals surface area contributed by atoms with E-state index in [1.165, 1.54) is 33.9 Å². The number of halogens is 3. The second kappa shape index (κ2) is 8.90. The summed E-state index contributed by atoms with van der Waals surface area (Å²) < 4.78 is 41.2. The molecule has 5 rings (SSSR count). The van der Waals surface area contributed by atoms with Crippen molar-refractivity contribution in [3.05, 3.63) is 88.6 Å². The summed E-state index contributed by atoms with van der Waals surface area (Å²) in [4.78, 5) is 31.7. The molecule has 2 aromatic heterocycles. The number of rotatable bonds is 4. The van der Waals surface area contributed by atoms with Gasteiger partial charge in [0.05, 0.1) is 29.6 Å². The standard InChI is InChI=1S/C25H22F3N5O3/c26-25(27,28)18-6-8-19(9-7-18)33-21-20(14-30-33)23(35)32(16-29-21)15-24(36)10-12-31(13-11-24)22(34)17-4-2-1-3-5-17/h1-9,14,16,36H,10-13,15H2. The number of aliphatic hydroxyl groups is 1. The second-order valence-electron chi connectivity index (χ2n) is 8.90. The molecule has 36 heavy (non-hydrogen) atoms. The zero-order chi connectivity index (χ0) is 25.5. The smallest absolute Gasteiger partial charge is 0.388 e. The Morgan fingerprint density at radius 1 is 1.03 bits per heavy atom. The van der Waals surface area contributed by atoms with Crippen LogP contribution >= 0.6 is 0 Å². The van der Waals surface area contributed by atoms with Crippen molar-refractivity contribution in [3.63, 3.8) is 0 Å². The average Bonchev–Trinajstić information content (AvgIpc) is 3.31. The highest BCUT2D eigenvalue weighted by atomic mass is 19.4. The molecule has 1 aliphatic heterocycles. The predicted octanol–water partition coefficient (Wildman–Crippen LogP) is 3.27. The Morgan fingerprint density at radius 2 is 1.69 bits per heavy atom. The highest BCUT2D eigenvalue weighted by Crippen LogP contribution is 2.30. The highest BCUT2D eigenvalue weighted by Gasteiger charge is 2.35. The number of fused-ring (bicyclic) bond motifs is 1. The number of hydrogen-bond acceptors (Lipinski definition) is 5. The van der Waals surface area contributed by atoms with Gasteiger partial charge in [0.25, 0.3) is 11.5 Å². The van der Waals surface area contributed by atoms with Crippen molar-refractivity contribution in [2.45, 2.75) is 31.2 Å². The Kier molecular flexibility index (Phi) is 5.87. The molecule has 4 aromatic rings. The molecule has 8 nitrogen and oxygen atoms in total. The lowest BCUT2D eigenvalue weighted by atomic mass is 9.91. The van der Waals surface area contributed by atoms with E-state index >= 15 is 0 Å². The SMILES string of the molecule is O=C(c1ccccc1)N1CCC(O)(Cn2cnc3c(cnn3-c3ccc(C(F)(F)F)cc3)c2=O)CC1. The molecule has 1 amide bonds. The first-order chi connectivity index (χ1) is 17.1. The molecular formula is C25H22F3N5O3. The first-order valence-electron chi connectivity index (χ1n) is 11.3. The lowest BCUT2D eigenvalue weighted by molar-refractivity contribution is -0.137. The van der Waals surface area contributed by atoms with E-state index in [-0.39, 0.29) is 23.5 Å². The molecule has 1 aliphatic rings. The molecule has 0 spiro atoms. The average molecular weight is 497 g/mol. The van der Waals surface area contributed by atoms with E-state index < -0.39 is 22.9 Å². The van der Waals surface area contributed by atoms with E-state index in [1.807, 2.05) is 6.07 Å². The summed E-state index contributed by atoms with van der Waals surface area (Å²) in [5, 5.41) is 15.4. The van der Waals surface area contributed by atoms with Crippen LogP contribution in [0.2, 0.25) is 0 Å².